The van der Waals surface area contributed by atoms with Gasteiger partial charge in [0.05, 0.1) is 7.11 Å². The standard InChI is InChI=1S/C17H20N2O3/c1-22-16-10-12(7-8-15(16)20)9-13(11-18)17(21)19-14-5-3-2-4-6-14/h7-10,14,20H,2-6H2,1H3,(H,19,21)/b13-9-. The van der Waals surface area contributed by atoms with Crippen molar-refractivity contribution in [2.45, 2.75) is 38.1 Å². The minimum absolute atomic E-state index is 0.0183. The Kier molecular flexibility index (Phi) is 5.42. The molecule has 5 heteroatoms. The molecule has 1 aromatic rings. The predicted octanol–water partition coefficient (Wildman–Crippen LogP) is 2.76. The molecule has 0 aliphatic heterocycles. The molecule has 0 saturated heterocycles. The first kappa shape index (κ1) is 15.9. The first-order valence-electron chi connectivity index (χ1n) is 7.43. The van der Waals surface area contributed by atoms with Crippen LogP contribution >= 0.6 is 0 Å². The topological polar surface area (TPSA) is 82.3 Å². The van der Waals surface area contributed by atoms with Crippen LogP contribution in [0.15, 0.2) is 23.8 Å². The molecule has 0 aromatic heterocycles. The van der Waals surface area contributed by atoms with Gasteiger partial charge >= 0.3 is 0 Å². The van der Waals surface area contributed by atoms with Gasteiger partial charge in [0.1, 0.15) is 11.6 Å². The van der Waals surface area contributed by atoms with Gasteiger partial charge in [-0.1, -0.05) is 25.3 Å². The Morgan fingerprint density at radius 1 is 1.41 bits per heavy atom. The summed E-state index contributed by atoms with van der Waals surface area (Å²) in [4.78, 5) is 12.2. The lowest BCUT2D eigenvalue weighted by atomic mass is 9.95. The Bertz CT molecular complexity index is 611. The molecule has 0 bridgehead atoms. The average molecular weight is 300 g/mol. The van der Waals surface area contributed by atoms with Gasteiger partial charge < -0.3 is 15.2 Å². The molecule has 2 N–H and O–H groups in total. The van der Waals surface area contributed by atoms with E-state index in [-0.39, 0.29) is 23.3 Å². The molecule has 1 amide bonds. The SMILES string of the molecule is COc1cc(/C=C(/C#N)C(=O)NC2CCCCC2)ccc1O. The maximum atomic E-state index is 12.2. The fourth-order valence-corrected chi connectivity index (χ4v) is 2.61. The molecule has 0 spiro atoms. The van der Waals surface area contributed by atoms with Crippen molar-refractivity contribution in [3.8, 4) is 17.6 Å². The number of amides is 1. The second-order valence-electron chi connectivity index (χ2n) is 5.41. The Morgan fingerprint density at radius 2 is 2.14 bits per heavy atom. The van der Waals surface area contributed by atoms with Gasteiger partial charge in [0.25, 0.3) is 5.91 Å². The van der Waals surface area contributed by atoms with E-state index in [0.717, 1.165) is 25.7 Å². The van der Waals surface area contributed by atoms with E-state index in [9.17, 15) is 15.2 Å². The number of carbonyl (C=O) groups excluding carboxylic acids is 1. The molecule has 0 heterocycles. The highest BCUT2D eigenvalue weighted by molar-refractivity contribution is 6.01. The van der Waals surface area contributed by atoms with Crippen molar-refractivity contribution in [2.24, 2.45) is 0 Å². The van der Waals surface area contributed by atoms with Crippen LogP contribution in [0, 0.1) is 11.3 Å². The molecule has 0 unspecified atom stereocenters. The van der Waals surface area contributed by atoms with E-state index in [0.29, 0.717) is 11.3 Å². The number of hydrogen-bond donors (Lipinski definition) is 2. The number of nitrogens with one attached hydrogen (secondary N) is 1. The van der Waals surface area contributed by atoms with Crippen LogP contribution in [0.1, 0.15) is 37.7 Å². The fraction of sp³-hybridized carbons (Fsp3) is 0.412. The summed E-state index contributed by atoms with van der Waals surface area (Å²) in [6, 6.07) is 6.78. The summed E-state index contributed by atoms with van der Waals surface area (Å²) < 4.78 is 5.02. The molecule has 2 rings (SSSR count). The van der Waals surface area contributed by atoms with Gasteiger partial charge in [-0.2, -0.15) is 5.26 Å². The van der Waals surface area contributed by atoms with Crippen molar-refractivity contribution in [2.75, 3.05) is 7.11 Å². The predicted molar refractivity (Wildman–Crippen MR) is 83.3 cm³/mol. The Labute approximate surface area is 130 Å². The maximum Gasteiger partial charge on any atom is 0.262 e. The monoisotopic (exact) mass is 300 g/mol. The van der Waals surface area contributed by atoms with E-state index in [1.807, 2.05) is 6.07 Å². The van der Waals surface area contributed by atoms with Crippen LogP contribution in [0.3, 0.4) is 0 Å². The summed E-state index contributed by atoms with van der Waals surface area (Å²) in [6.07, 6.45) is 6.88. The lowest BCUT2D eigenvalue weighted by Crippen LogP contribution is -2.36. The number of methoxy groups -OCH3 is 1. The van der Waals surface area contributed by atoms with Crippen LogP contribution < -0.4 is 10.1 Å². The van der Waals surface area contributed by atoms with Crippen LogP contribution in [0.25, 0.3) is 6.08 Å². The van der Waals surface area contributed by atoms with Crippen LogP contribution in [-0.4, -0.2) is 24.2 Å². The third kappa shape index (κ3) is 4.01. The van der Waals surface area contributed by atoms with Crippen LogP contribution in [0.2, 0.25) is 0 Å². The molecule has 0 radical (unpaired) electrons. The first-order chi connectivity index (χ1) is 10.6. The highest BCUT2D eigenvalue weighted by Gasteiger charge is 2.18. The molecule has 1 aliphatic rings. The quantitative estimate of drug-likeness (QED) is 0.661. The summed E-state index contributed by atoms with van der Waals surface area (Å²) >= 11 is 0. The number of benzene rings is 1. The first-order valence-corrected chi connectivity index (χ1v) is 7.43. The van der Waals surface area contributed by atoms with Gasteiger partial charge in [0.2, 0.25) is 0 Å². The van der Waals surface area contributed by atoms with Gasteiger partial charge in [0, 0.05) is 6.04 Å². The molecule has 1 fully saturated rings. The lowest BCUT2D eigenvalue weighted by Gasteiger charge is -2.22. The van der Waals surface area contributed by atoms with Crippen molar-refractivity contribution < 1.29 is 14.6 Å². The van der Waals surface area contributed by atoms with Crippen molar-refractivity contribution in [3.05, 3.63) is 29.3 Å². The molecular formula is C17H20N2O3. The third-order valence-corrected chi connectivity index (χ3v) is 3.82. The zero-order chi connectivity index (χ0) is 15.9. The summed E-state index contributed by atoms with van der Waals surface area (Å²) in [5.41, 5.74) is 0.684. The minimum Gasteiger partial charge on any atom is -0.504 e. The smallest absolute Gasteiger partial charge is 0.262 e. The summed E-state index contributed by atoms with van der Waals surface area (Å²) in [7, 11) is 1.45. The second kappa shape index (κ2) is 7.51. The van der Waals surface area contributed by atoms with Crippen molar-refractivity contribution in [1.82, 2.24) is 5.32 Å². The van der Waals surface area contributed by atoms with Gasteiger partial charge in [-0.15, -0.1) is 0 Å². The Morgan fingerprint density at radius 3 is 2.77 bits per heavy atom. The normalized spacial score (nSPS) is 15.9. The number of aromatic hydroxyl groups is 1. The summed E-state index contributed by atoms with van der Waals surface area (Å²) in [5.74, 6) is -0.0232. The number of rotatable bonds is 4. The number of hydrogen-bond acceptors (Lipinski definition) is 4. The number of phenolic OH excluding ortho intramolecular Hbond substituents is 1. The molecule has 1 aliphatic carbocycles. The maximum absolute atomic E-state index is 12.2. The number of carbonyl (C=O) groups is 1. The lowest BCUT2D eigenvalue weighted by molar-refractivity contribution is -0.117. The minimum atomic E-state index is -0.346. The zero-order valence-corrected chi connectivity index (χ0v) is 12.6. The van der Waals surface area contributed by atoms with E-state index in [2.05, 4.69) is 5.32 Å². The zero-order valence-electron chi connectivity index (χ0n) is 12.6. The highest BCUT2D eigenvalue weighted by atomic mass is 16.5. The van der Waals surface area contributed by atoms with Crippen LogP contribution in [0.4, 0.5) is 0 Å². The molecule has 116 valence electrons. The van der Waals surface area contributed by atoms with E-state index < -0.39 is 0 Å². The molecular weight excluding hydrogens is 280 g/mol. The molecule has 22 heavy (non-hydrogen) atoms. The Hall–Kier alpha value is -2.48. The van der Waals surface area contributed by atoms with E-state index >= 15 is 0 Å². The van der Waals surface area contributed by atoms with Crippen LogP contribution in [-0.2, 0) is 4.79 Å². The average Bonchev–Trinajstić information content (AvgIpc) is 2.54. The van der Waals surface area contributed by atoms with Crippen molar-refractivity contribution >= 4 is 12.0 Å². The van der Waals surface area contributed by atoms with Crippen molar-refractivity contribution in [3.63, 3.8) is 0 Å². The molecule has 1 saturated carbocycles. The molecule has 5 nitrogen and oxygen atoms in total. The fourth-order valence-electron chi connectivity index (χ4n) is 2.61. The van der Waals surface area contributed by atoms with Crippen LogP contribution in [0.5, 0.6) is 11.5 Å². The number of nitrogens with zero attached hydrogens (tertiary/aromatic N) is 1. The Balaban J connectivity index is 2.12. The van der Waals surface area contributed by atoms with Gasteiger partial charge in [-0.3, -0.25) is 4.79 Å². The van der Waals surface area contributed by atoms with E-state index in [4.69, 9.17) is 4.74 Å². The van der Waals surface area contributed by atoms with E-state index in [1.165, 1.54) is 25.7 Å². The third-order valence-electron chi connectivity index (χ3n) is 3.82. The summed E-state index contributed by atoms with van der Waals surface area (Å²) in [5, 5.41) is 21.7. The summed E-state index contributed by atoms with van der Waals surface area (Å²) in [6.45, 7) is 0. The molecule has 0 atom stereocenters. The number of ether oxygens (including phenoxy) is 1. The number of nitriles is 1. The highest BCUT2D eigenvalue weighted by Crippen LogP contribution is 2.27. The van der Waals surface area contributed by atoms with Gasteiger partial charge in [0.15, 0.2) is 11.5 Å². The largest absolute Gasteiger partial charge is 0.504 e. The second-order valence-corrected chi connectivity index (χ2v) is 5.41. The van der Waals surface area contributed by atoms with Gasteiger partial charge in [-0.05, 0) is 36.6 Å². The van der Waals surface area contributed by atoms with Crippen molar-refractivity contribution in [1.29, 1.82) is 5.26 Å². The number of phenols is 1. The van der Waals surface area contributed by atoms with E-state index in [1.54, 1.807) is 12.1 Å². The van der Waals surface area contributed by atoms with Gasteiger partial charge in [-0.25, -0.2) is 0 Å². The molecule has 1 aromatic carbocycles.